The van der Waals surface area contributed by atoms with Gasteiger partial charge in [0.25, 0.3) is 0 Å². The lowest BCUT2D eigenvalue weighted by atomic mass is 10.00. The van der Waals surface area contributed by atoms with Gasteiger partial charge in [0, 0.05) is 10.6 Å². The molecule has 1 rings (SSSR count). The number of aryl methyl sites for hydroxylation is 1. The van der Waals surface area contributed by atoms with Crippen LogP contribution < -0.4 is 5.32 Å². The molecule has 0 aliphatic rings. The van der Waals surface area contributed by atoms with E-state index >= 15 is 0 Å². The van der Waals surface area contributed by atoms with Gasteiger partial charge in [-0.2, -0.15) is 0 Å². The molecule has 0 saturated carbocycles. The zero-order chi connectivity index (χ0) is 22.0. The van der Waals surface area contributed by atoms with Crippen molar-refractivity contribution >= 4 is 14.3 Å². The van der Waals surface area contributed by atoms with Crippen molar-refractivity contribution < 1.29 is 23.5 Å². The molecule has 2 N–H and O–H groups in total. The van der Waals surface area contributed by atoms with Crippen molar-refractivity contribution in [1.29, 1.82) is 0 Å². The standard InChI is InChI=1S/C23H38NO5P/c1-3-5-7-8-9-10-11-20-12-14-21(15-13-20)19-22(16-18-29-30(26)27)24-23(25)28-17-6-4-2/h12-15,22H,3-11,16-19H2,1-2H3,(H-,24,25,26,27)/p+1. The predicted molar refractivity (Wildman–Crippen MR) is 121 cm³/mol. The quantitative estimate of drug-likeness (QED) is 0.226. The molecule has 0 bridgehead atoms. The molecule has 0 fully saturated rings. The first-order valence-corrected chi connectivity index (χ1v) is 12.5. The number of carbonyl (C=O) groups excluding carboxylic acids is 1. The lowest BCUT2D eigenvalue weighted by Gasteiger charge is -2.18. The third kappa shape index (κ3) is 13.7. The van der Waals surface area contributed by atoms with Crippen LogP contribution in [0.1, 0.15) is 82.8 Å². The first-order valence-electron chi connectivity index (χ1n) is 11.3. The Labute approximate surface area is 182 Å². The van der Waals surface area contributed by atoms with Crippen molar-refractivity contribution in [2.45, 2.75) is 90.5 Å². The van der Waals surface area contributed by atoms with E-state index in [9.17, 15) is 9.36 Å². The molecule has 1 amide bonds. The fourth-order valence-corrected chi connectivity index (χ4v) is 3.51. The van der Waals surface area contributed by atoms with Gasteiger partial charge in [-0.1, -0.05) is 76.6 Å². The molecule has 1 aromatic carbocycles. The summed E-state index contributed by atoms with van der Waals surface area (Å²) < 4.78 is 20.7. The zero-order valence-electron chi connectivity index (χ0n) is 18.6. The Bertz CT molecular complexity index is 594. The van der Waals surface area contributed by atoms with E-state index in [4.69, 9.17) is 14.2 Å². The van der Waals surface area contributed by atoms with Gasteiger partial charge in [-0.3, -0.25) is 0 Å². The normalized spacial score (nSPS) is 12.4. The molecule has 0 saturated heterocycles. The van der Waals surface area contributed by atoms with Crippen molar-refractivity contribution in [2.75, 3.05) is 13.2 Å². The number of hydrogen-bond donors (Lipinski definition) is 2. The van der Waals surface area contributed by atoms with Crippen LogP contribution in [0.2, 0.25) is 0 Å². The van der Waals surface area contributed by atoms with Crippen molar-refractivity contribution in [3.8, 4) is 0 Å². The van der Waals surface area contributed by atoms with Crippen LogP contribution in [-0.4, -0.2) is 30.2 Å². The van der Waals surface area contributed by atoms with Gasteiger partial charge in [0.05, 0.1) is 6.61 Å². The van der Waals surface area contributed by atoms with Gasteiger partial charge < -0.3 is 10.1 Å². The van der Waals surface area contributed by atoms with Gasteiger partial charge in [-0.15, -0.1) is 9.42 Å². The highest BCUT2D eigenvalue weighted by Gasteiger charge is 2.18. The summed E-state index contributed by atoms with van der Waals surface area (Å²) in [5.74, 6) is 0. The van der Waals surface area contributed by atoms with E-state index in [1.807, 2.05) is 6.92 Å². The molecule has 0 heterocycles. The number of benzene rings is 1. The molecule has 30 heavy (non-hydrogen) atoms. The van der Waals surface area contributed by atoms with Gasteiger partial charge in [-0.05, 0) is 43.2 Å². The topological polar surface area (TPSA) is 84.9 Å². The number of hydrogen-bond acceptors (Lipinski definition) is 4. The fraction of sp³-hybridized carbons (Fsp3) is 0.696. The summed E-state index contributed by atoms with van der Waals surface area (Å²) in [7, 11) is -2.63. The molecule has 6 nitrogen and oxygen atoms in total. The lowest BCUT2D eigenvalue weighted by Crippen LogP contribution is -2.37. The van der Waals surface area contributed by atoms with Crippen LogP contribution in [0.15, 0.2) is 24.3 Å². The summed E-state index contributed by atoms with van der Waals surface area (Å²) in [4.78, 5) is 20.8. The summed E-state index contributed by atoms with van der Waals surface area (Å²) in [6.07, 6.45) is 11.2. The van der Waals surface area contributed by atoms with Crippen LogP contribution in [0.3, 0.4) is 0 Å². The first kappa shape index (κ1) is 26.5. The third-order valence-corrected chi connectivity index (χ3v) is 5.45. The van der Waals surface area contributed by atoms with E-state index in [2.05, 4.69) is 36.5 Å². The molecule has 2 atom stereocenters. The number of unbranched alkanes of at least 4 members (excludes halogenated alkanes) is 6. The lowest BCUT2D eigenvalue weighted by molar-refractivity contribution is 0.138. The van der Waals surface area contributed by atoms with Crippen molar-refractivity contribution in [3.05, 3.63) is 35.4 Å². The van der Waals surface area contributed by atoms with Gasteiger partial charge in [-0.25, -0.2) is 4.79 Å². The summed E-state index contributed by atoms with van der Waals surface area (Å²) in [6, 6.07) is 8.27. The second kappa shape index (κ2) is 17.2. The smallest absolute Gasteiger partial charge is 0.450 e. The fourth-order valence-electron chi connectivity index (χ4n) is 3.25. The van der Waals surface area contributed by atoms with Crippen LogP contribution >= 0.6 is 8.25 Å². The summed E-state index contributed by atoms with van der Waals surface area (Å²) in [6.45, 7) is 4.76. The zero-order valence-corrected chi connectivity index (χ0v) is 19.5. The van der Waals surface area contributed by atoms with Crippen molar-refractivity contribution in [2.24, 2.45) is 0 Å². The largest absolute Gasteiger partial charge is 0.694 e. The van der Waals surface area contributed by atoms with E-state index in [0.717, 1.165) is 24.8 Å². The third-order valence-electron chi connectivity index (χ3n) is 5.05. The summed E-state index contributed by atoms with van der Waals surface area (Å²) >= 11 is 0. The minimum atomic E-state index is -2.63. The maximum atomic E-state index is 12.0. The number of rotatable bonds is 17. The number of ether oxygens (including phenoxy) is 1. The van der Waals surface area contributed by atoms with Gasteiger partial charge in [0.2, 0.25) is 0 Å². The van der Waals surface area contributed by atoms with Crippen LogP contribution in [-0.2, 0) is 26.7 Å². The van der Waals surface area contributed by atoms with E-state index in [-0.39, 0.29) is 12.6 Å². The van der Waals surface area contributed by atoms with Crippen molar-refractivity contribution in [3.63, 3.8) is 0 Å². The average Bonchev–Trinajstić information content (AvgIpc) is 2.71. The minimum absolute atomic E-state index is 0.0989. The first-order chi connectivity index (χ1) is 14.5. The summed E-state index contributed by atoms with van der Waals surface area (Å²) in [5, 5.41) is 2.85. The van der Waals surface area contributed by atoms with Gasteiger partial charge >= 0.3 is 14.3 Å². The number of carbonyl (C=O) groups is 1. The highest BCUT2D eigenvalue weighted by molar-refractivity contribution is 7.32. The molecule has 0 aliphatic heterocycles. The monoisotopic (exact) mass is 440 g/mol. The van der Waals surface area contributed by atoms with Crippen LogP contribution in [0.4, 0.5) is 4.79 Å². The highest BCUT2D eigenvalue weighted by atomic mass is 31.1. The molecule has 0 radical (unpaired) electrons. The Morgan fingerprint density at radius 3 is 2.27 bits per heavy atom. The predicted octanol–water partition coefficient (Wildman–Crippen LogP) is 6.08. The number of alkyl carbamates (subject to hydrolysis) is 1. The molecule has 170 valence electrons. The van der Waals surface area contributed by atoms with Crippen LogP contribution in [0, 0.1) is 0 Å². The molecule has 7 heteroatoms. The van der Waals surface area contributed by atoms with Crippen LogP contribution in [0.25, 0.3) is 0 Å². The molecule has 2 unspecified atom stereocenters. The molecular weight excluding hydrogens is 401 g/mol. The van der Waals surface area contributed by atoms with E-state index in [1.54, 1.807) is 0 Å². The molecule has 0 aromatic heterocycles. The summed E-state index contributed by atoms with van der Waals surface area (Å²) in [5.41, 5.74) is 2.44. The Morgan fingerprint density at radius 2 is 1.60 bits per heavy atom. The molecular formula is C23H39NO5P+. The Morgan fingerprint density at radius 1 is 0.967 bits per heavy atom. The van der Waals surface area contributed by atoms with E-state index < -0.39 is 14.3 Å². The average molecular weight is 441 g/mol. The Kier molecular flexibility index (Phi) is 15.2. The van der Waals surface area contributed by atoms with Gasteiger partial charge in [0.1, 0.15) is 6.61 Å². The molecule has 0 aliphatic carbocycles. The number of nitrogens with one attached hydrogen (secondary N) is 1. The molecule has 0 spiro atoms. The highest BCUT2D eigenvalue weighted by Crippen LogP contribution is 2.17. The number of amides is 1. The maximum Gasteiger partial charge on any atom is 0.694 e. The SMILES string of the molecule is CCCCCCCCc1ccc(CC(CCO[P+](=O)O)NC(=O)OCCCC)cc1. The van der Waals surface area contributed by atoms with Gasteiger partial charge in [0.15, 0.2) is 0 Å². The Hall–Kier alpha value is -1.49. The van der Waals surface area contributed by atoms with Crippen molar-refractivity contribution in [1.82, 2.24) is 5.32 Å². The van der Waals surface area contributed by atoms with E-state index in [1.165, 1.54) is 44.1 Å². The van der Waals surface area contributed by atoms with Crippen LogP contribution in [0.5, 0.6) is 0 Å². The second-order valence-corrected chi connectivity index (χ2v) is 8.46. The minimum Gasteiger partial charge on any atom is -0.450 e. The molecule has 1 aromatic rings. The Balaban J connectivity index is 2.49. The second-order valence-electron chi connectivity index (χ2n) is 7.73. The van der Waals surface area contributed by atoms with E-state index in [0.29, 0.717) is 19.4 Å². The maximum absolute atomic E-state index is 12.0.